The van der Waals surface area contributed by atoms with Gasteiger partial charge in [0.25, 0.3) is 0 Å². The predicted octanol–water partition coefficient (Wildman–Crippen LogP) is 0.265. The van der Waals surface area contributed by atoms with Gasteiger partial charge in [-0.3, -0.25) is 4.79 Å². The Hall–Kier alpha value is -2.34. The molecule has 0 radical (unpaired) electrons. The molecule has 2 aromatic carbocycles. The highest BCUT2D eigenvalue weighted by molar-refractivity contribution is 5.87. The third-order valence-electron chi connectivity index (χ3n) is 6.08. The van der Waals surface area contributed by atoms with Crippen molar-refractivity contribution in [1.29, 1.82) is 0 Å². The van der Waals surface area contributed by atoms with Crippen molar-refractivity contribution in [1.82, 2.24) is 10.3 Å². The molecule has 1 aliphatic rings. The second kappa shape index (κ2) is 9.21. The number of aromatic nitrogens is 1. The van der Waals surface area contributed by atoms with Crippen molar-refractivity contribution in [3.63, 3.8) is 0 Å². The Balaban J connectivity index is 0.00000171. The molecule has 1 aromatic heterocycles. The van der Waals surface area contributed by atoms with Crippen LogP contribution in [0.15, 0.2) is 41.2 Å². The summed E-state index contributed by atoms with van der Waals surface area (Å²) in [6, 6.07) is 11.3. The van der Waals surface area contributed by atoms with Crippen LogP contribution >= 0.6 is 0 Å². The Kier molecular flexibility index (Phi) is 6.86. The Bertz CT molecular complexity index is 1080. The van der Waals surface area contributed by atoms with Crippen molar-refractivity contribution in [2.45, 2.75) is 51.7 Å². The fourth-order valence-corrected chi connectivity index (χ4v) is 4.51. The van der Waals surface area contributed by atoms with Crippen molar-refractivity contribution in [3.05, 3.63) is 74.6 Å². The van der Waals surface area contributed by atoms with E-state index in [1.54, 1.807) is 12.1 Å². The quantitative estimate of drug-likeness (QED) is 0.454. The molecule has 0 spiro atoms. The van der Waals surface area contributed by atoms with Crippen LogP contribution in [0, 0.1) is 0 Å². The van der Waals surface area contributed by atoms with Crippen LogP contribution in [0.4, 0.5) is 0 Å². The first-order valence-corrected chi connectivity index (χ1v) is 10.4. The molecule has 0 unspecified atom stereocenters. The molecule has 3 aromatic rings. The molecule has 4 rings (SSSR count). The second-order valence-electron chi connectivity index (χ2n) is 7.91. The summed E-state index contributed by atoms with van der Waals surface area (Å²) in [5.41, 5.74) is 6.49. The van der Waals surface area contributed by atoms with Crippen molar-refractivity contribution < 1.29 is 24.0 Å². The zero-order valence-electron chi connectivity index (χ0n) is 18.3. The van der Waals surface area contributed by atoms with Crippen LogP contribution in [-0.2, 0) is 25.7 Å². The number of aliphatic hydroxyl groups excluding tert-OH is 1. The van der Waals surface area contributed by atoms with Gasteiger partial charge in [0.1, 0.15) is 5.75 Å². The highest BCUT2D eigenvalue weighted by Gasteiger charge is 2.23. The molecule has 0 bridgehead atoms. The Labute approximate surface area is 184 Å². The van der Waals surface area contributed by atoms with Crippen LogP contribution < -0.4 is 23.3 Å². The van der Waals surface area contributed by atoms with Gasteiger partial charge in [0.15, 0.2) is 0 Å². The Morgan fingerprint density at radius 3 is 2.33 bits per heavy atom. The number of nitrogens with one attached hydrogen (secondary N) is 2. The number of phenolic OH excluding ortho intramolecular Hbond substituents is 1. The van der Waals surface area contributed by atoms with Gasteiger partial charge in [0.05, 0.1) is 11.6 Å². The average molecular weight is 429 g/mol. The first-order chi connectivity index (χ1) is 14.0. The monoisotopic (exact) mass is 428 g/mol. The van der Waals surface area contributed by atoms with Crippen LogP contribution in [0.2, 0.25) is 0 Å². The lowest BCUT2D eigenvalue weighted by Gasteiger charge is -2.18. The third-order valence-corrected chi connectivity index (χ3v) is 6.08. The van der Waals surface area contributed by atoms with E-state index in [1.165, 1.54) is 34.4 Å². The normalized spacial score (nSPS) is 14.5. The summed E-state index contributed by atoms with van der Waals surface area (Å²) in [7, 11) is 0. The van der Waals surface area contributed by atoms with E-state index in [0.717, 1.165) is 25.7 Å². The Morgan fingerprint density at radius 2 is 1.73 bits per heavy atom. The summed E-state index contributed by atoms with van der Waals surface area (Å²) in [6.07, 6.45) is 3.34. The number of benzene rings is 2. The summed E-state index contributed by atoms with van der Waals surface area (Å²) in [5.74, 6) is 0.00584. The van der Waals surface area contributed by atoms with Gasteiger partial charge in [-0.15, -0.1) is 0 Å². The zero-order chi connectivity index (χ0) is 20.5. The number of hydrogen-bond donors (Lipinski definition) is 4. The number of aryl methyl sites for hydroxylation is 2. The zero-order valence-corrected chi connectivity index (χ0v) is 18.1. The van der Waals surface area contributed by atoms with E-state index in [4.69, 9.17) is 0 Å². The molecule has 1 atom stereocenters. The van der Waals surface area contributed by atoms with Crippen LogP contribution in [-0.4, -0.2) is 27.8 Å². The van der Waals surface area contributed by atoms with Crippen molar-refractivity contribution >= 4 is 10.9 Å². The lowest BCUT2D eigenvalue weighted by Crippen LogP contribution is -3.00. The SMILES string of the molecule is CCc1cc2c(cc1CC)CC(NC[C@H](O)c1ccc(O)c3[nH]c(=O)ccc13)C2.[Cl-].[H+]. The smallest absolute Gasteiger partial charge is 1.00 e. The molecular formula is C24H29ClN2O3. The molecule has 0 saturated heterocycles. The number of aromatic hydroxyl groups is 1. The number of rotatable bonds is 6. The number of aliphatic hydroxyl groups is 1. The minimum Gasteiger partial charge on any atom is -1.00 e. The van der Waals surface area contributed by atoms with E-state index in [-0.39, 0.29) is 25.1 Å². The topological polar surface area (TPSA) is 85.3 Å². The summed E-state index contributed by atoms with van der Waals surface area (Å²) < 4.78 is 0. The molecule has 160 valence electrons. The van der Waals surface area contributed by atoms with Gasteiger partial charge in [-0.1, -0.05) is 32.0 Å². The van der Waals surface area contributed by atoms with Gasteiger partial charge in [-0.25, -0.2) is 0 Å². The summed E-state index contributed by atoms with van der Waals surface area (Å²) >= 11 is 0. The van der Waals surface area contributed by atoms with Crippen LogP contribution in [0.1, 0.15) is 49.2 Å². The van der Waals surface area contributed by atoms with Gasteiger partial charge in [-0.2, -0.15) is 0 Å². The maximum atomic E-state index is 11.6. The molecule has 30 heavy (non-hydrogen) atoms. The van der Waals surface area contributed by atoms with Gasteiger partial charge in [-0.05, 0) is 65.6 Å². The number of hydrogen-bond acceptors (Lipinski definition) is 4. The van der Waals surface area contributed by atoms with Gasteiger partial charge in [0.2, 0.25) is 5.56 Å². The number of phenols is 1. The number of fused-ring (bicyclic) bond motifs is 2. The Morgan fingerprint density at radius 1 is 1.10 bits per heavy atom. The van der Waals surface area contributed by atoms with Crippen LogP contribution in [0.5, 0.6) is 5.75 Å². The standard InChI is InChI=1S/C24H28N2O3.ClH/c1-3-14-9-16-11-18(12-17(16)10-15(14)4-2)25-13-22(28)19-5-7-21(27)24-20(19)6-8-23(29)26-24;/h5-10,18,22,25,27-28H,3-4,11-13H2,1-2H3,(H,26,29);1H/t22-;/m0./s1. The lowest BCUT2D eigenvalue weighted by atomic mass is 9.97. The van der Waals surface area contributed by atoms with E-state index in [1.807, 2.05) is 0 Å². The molecule has 0 saturated carbocycles. The molecular weight excluding hydrogens is 400 g/mol. The minimum absolute atomic E-state index is 0. The fourth-order valence-electron chi connectivity index (χ4n) is 4.51. The minimum atomic E-state index is -0.731. The molecule has 6 heteroatoms. The molecule has 0 amide bonds. The number of H-pyrrole nitrogens is 1. The maximum Gasteiger partial charge on any atom is 1.00 e. The van der Waals surface area contributed by atoms with Crippen LogP contribution in [0.25, 0.3) is 10.9 Å². The number of halogens is 1. The fraction of sp³-hybridized carbons (Fsp3) is 0.375. The maximum absolute atomic E-state index is 11.6. The summed E-state index contributed by atoms with van der Waals surface area (Å²) in [6.45, 7) is 4.83. The number of pyridine rings is 1. The molecule has 0 fully saturated rings. The van der Waals surface area contributed by atoms with Gasteiger partial charge >= 0.3 is 1.43 Å². The van der Waals surface area contributed by atoms with Crippen molar-refractivity contribution in [3.8, 4) is 5.75 Å². The largest absolute Gasteiger partial charge is 1.00 e. The highest BCUT2D eigenvalue weighted by atomic mass is 35.5. The molecule has 1 heterocycles. The summed E-state index contributed by atoms with van der Waals surface area (Å²) in [5, 5.41) is 25.0. The number of aromatic amines is 1. The van der Waals surface area contributed by atoms with E-state index in [0.29, 0.717) is 29.1 Å². The lowest BCUT2D eigenvalue weighted by molar-refractivity contribution is -0.00000867. The van der Waals surface area contributed by atoms with Crippen molar-refractivity contribution in [2.24, 2.45) is 0 Å². The van der Waals surface area contributed by atoms with E-state index in [9.17, 15) is 15.0 Å². The molecule has 0 aliphatic heterocycles. The summed E-state index contributed by atoms with van der Waals surface area (Å²) in [4.78, 5) is 14.2. The van der Waals surface area contributed by atoms with Crippen molar-refractivity contribution in [2.75, 3.05) is 6.54 Å². The first-order valence-electron chi connectivity index (χ1n) is 10.4. The van der Waals surface area contributed by atoms with Gasteiger partial charge < -0.3 is 32.9 Å². The second-order valence-corrected chi connectivity index (χ2v) is 7.91. The van der Waals surface area contributed by atoms with E-state index >= 15 is 0 Å². The van der Waals surface area contributed by atoms with E-state index < -0.39 is 6.10 Å². The van der Waals surface area contributed by atoms with Crippen LogP contribution in [0.3, 0.4) is 0 Å². The first kappa shape index (κ1) is 22.3. The molecule has 5 nitrogen and oxygen atoms in total. The van der Waals surface area contributed by atoms with Gasteiger partial charge in [0, 0.05) is 24.0 Å². The molecule has 4 N–H and O–H groups in total. The third kappa shape index (κ3) is 4.24. The highest BCUT2D eigenvalue weighted by Crippen LogP contribution is 2.30. The van der Waals surface area contributed by atoms with E-state index in [2.05, 4.69) is 36.3 Å². The predicted molar refractivity (Wildman–Crippen MR) is 117 cm³/mol. The average Bonchev–Trinajstić information content (AvgIpc) is 3.13. The molecule has 1 aliphatic carbocycles.